The van der Waals surface area contributed by atoms with Crippen molar-refractivity contribution in [1.82, 2.24) is 20.1 Å². The van der Waals surface area contributed by atoms with Crippen molar-refractivity contribution >= 4 is 42.1 Å². The normalized spacial score (nSPS) is 27.3. The van der Waals surface area contributed by atoms with Crippen LogP contribution in [0, 0.1) is 5.92 Å². The molecular formula is C21H36Cl2N4OS. The van der Waals surface area contributed by atoms with Gasteiger partial charge in [0.2, 0.25) is 5.91 Å². The molecule has 4 heterocycles. The standard InChI is InChI=1S/C21H34N4OS.2ClH/c1-21(2,3)20-23-18(14-27-20)13-24-6-8-25(9-7-24)19(26)12-15-10-16-4-5-17(11-15)22-16;;/h14-17,22H,4-13H2,1-3H3;2*1H. The van der Waals surface area contributed by atoms with Crippen LogP contribution in [0.4, 0.5) is 0 Å². The second-order valence-electron chi connectivity index (χ2n) is 9.73. The van der Waals surface area contributed by atoms with Crippen molar-refractivity contribution in [3.05, 3.63) is 16.1 Å². The van der Waals surface area contributed by atoms with Crippen LogP contribution in [-0.4, -0.2) is 59.0 Å². The molecule has 1 aromatic rings. The maximum atomic E-state index is 12.8. The number of piperazine rings is 1. The number of aromatic nitrogens is 1. The molecule has 0 saturated carbocycles. The van der Waals surface area contributed by atoms with Gasteiger partial charge >= 0.3 is 0 Å². The summed E-state index contributed by atoms with van der Waals surface area (Å²) >= 11 is 1.77. The summed E-state index contributed by atoms with van der Waals surface area (Å²) in [4.78, 5) is 22.1. The van der Waals surface area contributed by atoms with E-state index in [9.17, 15) is 4.79 Å². The van der Waals surface area contributed by atoms with Crippen molar-refractivity contribution in [2.45, 2.75) is 76.9 Å². The Labute approximate surface area is 191 Å². The van der Waals surface area contributed by atoms with Gasteiger partial charge in [-0.05, 0) is 31.6 Å². The predicted octanol–water partition coefficient (Wildman–Crippen LogP) is 3.85. The second kappa shape index (κ2) is 10.3. The van der Waals surface area contributed by atoms with Crippen molar-refractivity contribution in [2.24, 2.45) is 5.92 Å². The van der Waals surface area contributed by atoms with Crippen molar-refractivity contribution in [3.63, 3.8) is 0 Å². The fourth-order valence-electron chi connectivity index (χ4n) is 4.83. The number of amides is 1. The number of piperidine rings is 1. The van der Waals surface area contributed by atoms with E-state index < -0.39 is 0 Å². The quantitative estimate of drug-likeness (QED) is 0.737. The number of hydrogen-bond acceptors (Lipinski definition) is 5. The number of nitrogens with one attached hydrogen (secondary N) is 1. The molecule has 2 unspecified atom stereocenters. The molecule has 0 radical (unpaired) electrons. The van der Waals surface area contributed by atoms with Crippen LogP contribution < -0.4 is 5.32 Å². The molecule has 3 saturated heterocycles. The van der Waals surface area contributed by atoms with Gasteiger partial charge in [0, 0.05) is 62.0 Å². The summed E-state index contributed by atoms with van der Waals surface area (Å²) in [7, 11) is 0. The lowest BCUT2D eigenvalue weighted by Gasteiger charge is -2.36. The molecule has 1 aromatic heterocycles. The third-order valence-electron chi connectivity index (χ3n) is 6.34. The van der Waals surface area contributed by atoms with Gasteiger partial charge in [0.1, 0.15) is 0 Å². The molecule has 166 valence electrons. The van der Waals surface area contributed by atoms with E-state index in [1.165, 1.54) is 36.4 Å². The highest BCUT2D eigenvalue weighted by Gasteiger charge is 2.35. The van der Waals surface area contributed by atoms with Gasteiger partial charge in [-0.25, -0.2) is 4.98 Å². The maximum Gasteiger partial charge on any atom is 0.222 e. The van der Waals surface area contributed by atoms with Gasteiger partial charge in [0.05, 0.1) is 10.7 Å². The zero-order chi connectivity index (χ0) is 19.0. The van der Waals surface area contributed by atoms with E-state index in [0.29, 0.717) is 23.9 Å². The number of hydrogen-bond donors (Lipinski definition) is 1. The van der Waals surface area contributed by atoms with E-state index >= 15 is 0 Å². The van der Waals surface area contributed by atoms with E-state index in [1.807, 2.05) is 0 Å². The average molecular weight is 464 g/mol. The Bertz CT molecular complexity index is 658. The SMILES string of the molecule is CC(C)(C)c1nc(CN2CCN(C(=O)CC3CC4CCC(C3)N4)CC2)cs1.Cl.Cl. The molecule has 0 aromatic carbocycles. The second-order valence-corrected chi connectivity index (χ2v) is 10.6. The predicted molar refractivity (Wildman–Crippen MR) is 124 cm³/mol. The molecule has 3 aliphatic heterocycles. The summed E-state index contributed by atoms with van der Waals surface area (Å²) in [5.74, 6) is 0.977. The topological polar surface area (TPSA) is 48.5 Å². The van der Waals surface area contributed by atoms with Crippen LogP contribution in [-0.2, 0) is 16.8 Å². The molecule has 0 spiro atoms. The van der Waals surface area contributed by atoms with Gasteiger partial charge in [-0.15, -0.1) is 36.2 Å². The lowest BCUT2D eigenvalue weighted by atomic mass is 9.89. The highest BCUT2D eigenvalue weighted by molar-refractivity contribution is 7.09. The molecule has 8 heteroatoms. The Hall–Kier alpha value is -0.400. The number of rotatable bonds is 4. The molecule has 2 atom stereocenters. The number of nitrogens with zero attached hydrogens (tertiary/aromatic N) is 3. The number of thiazole rings is 1. The third-order valence-corrected chi connectivity index (χ3v) is 7.65. The Morgan fingerprint density at radius 3 is 2.31 bits per heavy atom. The molecule has 2 bridgehead atoms. The first-order chi connectivity index (χ1) is 12.9. The maximum absolute atomic E-state index is 12.8. The fourth-order valence-corrected chi connectivity index (χ4v) is 5.72. The zero-order valence-corrected chi connectivity index (χ0v) is 20.3. The Morgan fingerprint density at radius 1 is 1.14 bits per heavy atom. The van der Waals surface area contributed by atoms with Crippen LogP contribution in [0.2, 0.25) is 0 Å². The molecule has 0 aliphatic carbocycles. The molecule has 4 rings (SSSR count). The van der Waals surface area contributed by atoms with Crippen LogP contribution in [0.1, 0.15) is 63.6 Å². The summed E-state index contributed by atoms with van der Waals surface area (Å²) in [6.07, 6.45) is 5.77. The van der Waals surface area contributed by atoms with Gasteiger partial charge in [0.25, 0.3) is 0 Å². The van der Waals surface area contributed by atoms with Crippen molar-refractivity contribution in [3.8, 4) is 0 Å². The lowest BCUT2D eigenvalue weighted by Crippen LogP contribution is -2.49. The molecule has 29 heavy (non-hydrogen) atoms. The first-order valence-electron chi connectivity index (χ1n) is 10.6. The largest absolute Gasteiger partial charge is 0.340 e. The minimum atomic E-state index is 0. The van der Waals surface area contributed by atoms with E-state index in [2.05, 4.69) is 41.3 Å². The molecule has 3 fully saturated rings. The smallest absolute Gasteiger partial charge is 0.222 e. The summed E-state index contributed by atoms with van der Waals surface area (Å²) < 4.78 is 0. The highest BCUT2D eigenvalue weighted by Crippen LogP contribution is 2.33. The van der Waals surface area contributed by atoms with Gasteiger partial charge < -0.3 is 10.2 Å². The molecule has 3 aliphatic rings. The monoisotopic (exact) mass is 462 g/mol. The van der Waals surface area contributed by atoms with Gasteiger partial charge in [-0.2, -0.15) is 0 Å². The van der Waals surface area contributed by atoms with Gasteiger partial charge in [0.15, 0.2) is 0 Å². The van der Waals surface area contributed by atoms with Gasteiger partial charge in [-0.1, -0.05) is 20.8 Å². The first kappa shape index (κ1) is 24.9. The van der Waals surface area contributed by atoms with E-state index in [-0.39, 0.29) is 30.2 Å². The molecule has 1 amide bonds. The zero-order valence-electron chi connectivity index (χ0n) is 17.9. The van der Waals surface area contributed by atoms with Crippen LogP contribution in [0.3, 0.4) is 0 Å². The Balaban J connectivity index is 0.00000150. The van der Waals surface area contributed by atoms with Crippen LogP contribution in [0.5, 0.6) is 0 Å². The van der Waals surface area contributed by atoms with Gasteiger partial charge in [-0.3, -0.25) is 9.69 Å². The van der Waals surface area contributed by atoms with Crippen molar-refractivity contribution in [1.29, 1.82) is 0 Å². The van der Waals surface area contributed by atoms with E-state index in [4.69, 9.17) is 4.98 Å². The minimum absolute atomic E-state index is 0. The Morgan fingerprint density at radius 2 is 1.76 bits per heavy atom. The fraction of sp³-hybridized carbons (Fsp3) is 0.810. The Kier molecular flexibility index (Phi) is 8.81. The minimum Gasteiger partial charge on any atom is -0.340 e. The molecule has 5 nitrogen and oxygen atoms in total. The summed E-state index contributed by atoms with van der Waals surface area (Å²) in [6, 6.07) is 1.35. The van der Waals surface area contributed by atoms with Crippen LogP contribution >= 0.6 is 36.2 Å². The first-order valence-corrected chi connectivity index (χ1v) is 11.5. The molecular weight excluding hydrogens is 427 g/mol. The van der Waals surface area contributed by atoms with Crippen LogP contribution in [0.15, 0.2) is 5.38 Å². The third kappa shape index (κ3) is 6.30. The number of carbonyl (C=O) groups is 1. The summed E-state index contributed by atoms with van der Waals surface area (Å²) in [6.45, 7) is 11.2. The van der Waals surface area contributed by atoms with Crippen LogP contribution in [0.25, 0.3) is 0 Å². The summed E-state index contributed by atoms with van der Waals surface area (Å²) in [5.41, 5.74) is 1.30. The lowest BCUT2D eigenvalue weighted by molar-refractivity contribution is -0.134. The number of fused-ring (bicyclic) bond motifs is 2. The highest BCUT2D eigenvalue weighted by atomic mass is 35.5. The van der Waals surface area contributed by atoms with Crippen molar-refractivity contribution < 1.29 is 4.79 Å². The number of carbonyl (C=O) groups excluding carboxylic acids is 1. The average Bonchev–Trinajstić information content (AvgIpc) is 3.22. The van der Waals surface area contributed by atoms with E-state index in [0.717, 1.165) is 39.1 Å². The number of halogens is 2. The summed E-state index contributed by atoms with van der Waals surface area (Å²) in [5, 5.41) is 7.08. The molecule has 1 N–H and O–H groups in total. The van der Waals surface area contributed by atoms with Crippen molar-refractivity contribution in [2.75, 3.05) is 26.2 Å². The van der Waals surface area contributed by atoms with E-state index in [1.54, 1.807) is 11.3 Å².